The van der Waals surface area contributed by atoms with Crippen LogP contribution in [0.4, 0.5) is 10.5 Å². The van der Waals surface area contributed by atoms with E-state index in [0.29, 0.717) is 23.6 Å². The monoisotopic (exact) mass is 378 g/mol. The van der Waals surface area contributed by atoms with Gasteiger partial charge < -0.3 is 9.64 Å². The molecule has 1 saturated heterocycles. The Bertz CT molecular complexity index is 752. The molecule has 140 valence electrons. The first-order valence-corrected chi connectivity index (χ1v) is 8.76. The lowest BCUT2D eigenvalue weighted by atomic mass is 10.1. The lowest BCUT2D eigenvalue weighted by Gasteiger charge is -2.28. The number of amides is 2. The first-order chi connectivity index (χ1) is 12.1. The van der Waals surface area contributed by atoms with E-state index in [2.05, 4.69) is 10.9 Å². The highest BCUT2D eigenvalue weighted by molar-refractivity contribution is 6.32. The van der Waals surface area contributed by atoms with Crippen LogP contribution in [0.1, 0.15) is 44.7 Å². The van der Waals surface area contributed by atoms with Crippen molar-refractivity contribution in [3.63, 3.8) is 0 Å². The van der Waals surface area contributed by atoms with Gasteiger partial charge in [-0.15, -0.1) is 0 Å². The highest BCUT2D eigenvalue weighted by atomic mass is 35.5. The molecule has 7 nitrogen and oxygen atoms in total. The van der Waals surface area contributed by atoms with E-state index in [-0.39, 0.29) is 5.91 Å². The van der Waals surface area contributed by atoms with Gasteiger partial charge in [0.1, 0.15) is 17.7 Å². The van der Waals surface area contributed by atoms with Crippen LogP contribution in [0.25, 0.3) is 0 Å². The molecule has 0 spiro atoms. The Labute approximate surface area is 158 Å². The molecule has 1 atom stereocenters. The largest absolute Gasteiger partial charge is 0.443 e. The third kappa shape index (κ3) is 4.58. The number of nitrogens with one attached hydrogen (secondary N) is 2. The van der Waals surface area contributed by atoms with Crippen molar-refractivity contribution in [2.75, 3.05) is 11.4 Å². The van der Waals surface area contributed by atoms with Crippen molar-refractivity contribution in [1.82, 2.24) is 10.9 Å². The summed E-state index contributed by atoms with van der Waals surface area (Å²) in [6, 6.07) is 5.06. The standard InChI is InChI=1S/C18H23ClN4O3/c1-11-13(8-7-12(10-20)15(11)19)23-9-5-6-14(23)16(24)21-22-17(25)26-18(2,3)4/h7-8,14H,5-6,9H2,1-4H3,(H,21,24)(H,22,25). The van der Waals surface area contributed by atoms with Crippen LogP contribution in [-0.2, 0) is 9.53 Å². The Kier molecular flexibility index (Phi) is 5.98. The molecule has 1 aromatic rings. The Balaban J connectivity index is 2.08. The first kappa shape index (κ1) is 19.9. The highest BCUT2D eigenvalue weighted by Gasteiger charge is 2.32. The van der Waals surface area contributed by atoms with Gasteiger partial charge in [-0.3, -0.25) is 10.2 Å². The van der Waals surface area contributed by atoms with Gasteiger partial charge in [-0.25, -0.2) is 10.2 Å². The lowest BCUT2D eigenvalue weighted by molar-refractivity contribution is -0.123. The molecule has 0 saturated carbocycles. The van der Waals surface area contributed by atoms with Gasteiger partial charge in [0.05, 0.1) is 10.6 Å². The van der Waals surface area contributed by atoms with Crippen LogP contribution in [0, 0.1) is 18.3 Å². The summed E-state index contributed by atoms with van der Waals surface area (Å²) in [5.41, 5.74) is 6.01. The second kappa shape index (κ2) is 7.83. The third-order valence-corrected chi connectivity index (χ3v) is 4.52. The van der Waals surface area contributed by atoms with Crippen LogP contribution in [0.15, 0.2) is 12.1 Å². The summed E-state index contributed by atoms with van der Waals surface area (Å²) in [5, 5.41) is 9.47. The minimum Gasteiger partial charge on any atom is -0.443 e. The molecule has 1 aliphatic heterocycles. The van der Waals surface area contributed by atoms with Crippen molar-refractivity contribution in [3.05, 3.63) is 28.3 Å². The molecule has 1 fully saturated rings. The summed E-state index contributed by atoms with van der Waals surface area (Å²) in [5.74, 6) is -0.326. The maximum absolute atomic E-state index is 12.5. The normalized spacial score (nSPS) is 16.8. The van der Waals surface area contributed by atoms with E-state index in [0.717, 1.165) is 17.7 Å². The average molecular weight is 379 g/mol. The molecule has 2 N–H and O–H groups in total. The minimum absolute atomic E-state index is 0.326. The number of hydrogen-bond acceptors (Lipinski definition) is 5. The summed E-state index contributed by atoms with van der Waals surface area (Å²) in [6.07, 6.45) is 0.772. The lowest BCUT2D eigenvalue weighted by Crippen LogP contribution is -2.51. The number of halogens is 1. The zero-order valence-electron chi connectivity index (χ0n) is 15.4. The Morgan fingerprint density at radius 2 is 2.04 bits per heavy atom. The van der Waals surface area contributed by atoms with Gasteiger partial charge in [0, 0.05) is 12.2 Å². The quantitative estimate of drug-likeness (QED) is 0.771. The number of hydrogen-bond donors (Lipinski definition) is 2. The maximum Gasteiger partial charge on any atom is 0.426 e. The topological polar surface area (TPSA) is 94.5 Å². The van der Waals surface area contributed by atoms with Gasteiger partial charge in [0.25, 0.3) is 5.91 Å². The van der Waals surface area contributed by atoms with E-state index in [4.69, 9.17) is 21.6 Å². The molecule has 0 bridgehead atoms. The number of ether oxygens (including phenoxy) is 1. The number of nitriles is 1. The maximum atomic E-state index is 12.5. The Morgan fingerprint density at radius 3 is 2.65 bits per heavy atom. The highest BCUT2D eigenvalue weighted by Crippen LogP contribution is 2.33. The molecule has 8 heteroatoms. The van der Waals surface area contributed by atoms with Gasteiger partial charge in [-0.2, -0.15) is 5.26 Å². The van der Waals surface area contributed by atoms with E-state index in [9.17, 15) is 9.59 Å². The Hall–Kier alpha value is -2.46. The summed E-state index contributed by atoms with van der Waals surface area (Å²) in [7, 11) is 0. The minimum atomic E-state index is -0.715. The van der Waals surface area contributed by atoms with Crippen LogP contribution >= 0.6 is 11.6 Å². The molecule has 0 aromatic heterocycles. The van der Waals surface area contributed by atoms with Gasteiger partial charge in [-0.05, 0) is 58.2 Å². The van der Waals surface area contributed by atoms with Crippen molar-refractivity contribution in [2.45, 2.75) is 52.2 Å². The van der Waals surface area contributed by atoms with E-state index >= 15 is 0 Å². The van der Waals surface area contributed by atoms with Crippen LogP contribution in [0.5, 0.6) is 0 Å². The number of hydrazine groups is 1. The fraction of sp³-hybridized carbons (Fsp3) is 0.500. The second-order valence-corrected chi connectivity index (χ2v) is 7.53. The third-order valence-electron chi connectivity index (χ3n) is 4.03. The smallest absolute Gasteiger partial charge is 0.426 e. The predicted molar refractivity (Wildman–Crippen MR) is 98.8 cm³/mol. The number of anilines is 1. The second-order valence-electron chi connectivity index (χ2n) is 7.15. The average Bonchev–Trinajstić information content (AvgIpc) is 3.03. The Morgan fingerprint density at radius 1 is 1.35 bits per heavy atom. The van der Waals surface area contributed by atoms with Gasteiger partial charge >= 0.3 is 6.09 Å². The van der Waals surface area contributed by atoms with Crippen molar-refractivity contribution in [3.8, 4) is 6.07 Å². The van der Waals surface area contributed by atoms with Crippen molar-refractivity contribution in [1.29, 1.82) is 5.26 Å². The van der Waals surface area contributed by atoms with E-state index in [1.54, 1.807) is 32.9 Å². The summed E-state index contributed by atoms with van der Waals surface area (Å²) >= 11 is 6.25. The fourth-order valence-electron chi connectivity index (χ4n) is 2.90. The molecule has 1 unspecified atom stereocenters. The van der Waals surface area contributed by atoms with E-state index in [1.807, 2.05) is 17.9 Å². The SMILES string of the molecule is Cc1c(N2CCCC2C(=O)NNC(=O)OC(C)(C)C)ccc(C#N)c1Cl. The number of nitrogens with zero attached hydrogens (tertiary/aromatic N) is 2. The summed E-state index contributed by atoms with van der Waals surface area (Å²) in [6.45, 7) is 7.73. The van der Waals surface area contributed by atoms with Crippen LogP contribution < -0.4 is 15.8 Å². The van der Waals surface area contributed by atoms with E-state index in [1.165, 1.54) is 0 Å². The summed E-state index contributed by atoms with van der Waals surface area (Å²) in [4.78, 5) is 26.1. The molecule has 1 aliphatic rings. The predicted octanol–water partition coefficient (Wildman–Crippen LogP) is 3.04. The molecule has 0 aliphatic carbocycles. The van der Waals surface area contributed by atoms with Crippen molar-refractivity contribution < 1.29 is 14.3 Å². The number of carbonyl (C=O) groups excluding carboxylic acids is 2. The van der Waals surface area contributed by atoms with E-state index < -0.39 is 17.7 Å². The molecule has 1 aromatic carbocycles. The number of benzene rings is 1. The molecule has 2 rings (SSSR count). The number of rotatable bonds is 2. The van der Waals surface area contributed by atoms with Crippen molar-refractivity contribution >= 4 is 29.3 Å². The molecule has 2 amide bonds. The molecular weight excluding hydrogens is 356 g/mol. The fourth-order valence-corrected chi connectivity index (χ4v) is 3.10. The molecule has 1 heterocycles. The van der Waals surface area contributed by atoms with Gasteiger partial charge in [-0.1, -0.05) is 11.6 Å². The van der Waals surface area contributed by atoms with Crippen LogP contribution in [0.2, 0.25) is 5.02 Å². The van der Waals surface area contributed by atoms with Crippen LogP contribution in [0.3, 0.4) is 0 Å². The molecule has 0 radical (unpaired) electrons. The van der Waals surface area contributed by atoms with Crippen LogP contribution in [-0.4, -0.2) is 30.2 Å². The van der Waals surface area contributed by atoms with Crippen molar-refractivity contribution in [2.24, 2.45) is 0 Å². The first-order valence-electron chi connectivity index (χ1n) is 8.38. The zero-order chi connectivity index (χ0) is 19.5. The summed E-state index contributed by atoms with van der Waals surface area (Å²) < 4.78 is 5.10. The molecule has 26 heavy (non-hydrogen) atoms. The van der Waals surface area contributed by atoms with Gasteiger partial charge in [0.2, 0.25) is 0 Å². The van der Waals surface area contributed by atoms with Gasteiger partial charge in [0.15, 0.2) is 0 Å². The molecular formula is C18H23ClN4O3. The number of carbonyl (C=O) groups is 2. The zero-order valence-corrected chi connectivity index (χ0v) is 16.1.